The standard InChI is InChI=1S/C12H12N4O2/c1-18-8-2-3-9(13)10(6-8)16-12(17)11-7-14-4-5-15-11/h2-7H,13H2,1H3,(H,16,17). The molecule has 0 aliphatic rings. The number of hydrogen-bond acceptors (Lipinski definition) is 5. The molecule has 2 rings (SSSR count). The van der Waals surface area contributed by atoms with Gasteiger partial charge in [0.1, 0.15) is 11.4 Å². The van der Waals surface area contributed by atoms with Crippen LogP contribution in [0.1, 0.15) is 10.5 Å². The summed E-state index contributed by atoms with van der Waals surface area (Å²) in [7, 11) is 1.54. The average Bonchev–Trinajstić information content (AvgIpc) is 2.42. The SMILES string of the molecule is COc1ccc(N)c(NC(=O)c2cnccn2)c1. The number of aromatic nitrogens is 2. The van der Waals surface area contributed by atoms with E-state index in [2.05, 4.69) is 15.3 Å². The molecule has 1 aromatic heterocycles. The summed E-state index contributed by atoms with van der Waals surface area (Å²) < 4.78 is 5.06. The molecular formula is C12H12N4O2. The fraction of sp³-hybridized carbons (Fsp3) is 0.0833. The van der Waals surface area contributed by atoms with E-state index in [0.717, 1.165) is 0 Å². The van der Waals surface area contributed by atoms with E-state index in [1.54, 1.807) is 25.3 Å². The Hall–Kier alpha value is -2.63. The predicted molar refractivity (Wildman–Crippen MR) is 67.4 cm³/mol. The first-order valence-electron chi connectivity index (χ1n) is 5.21. The summed E-state index contributed by atoms with van der Waals surface area (Å²) >= 11 is 0. The molecular weight excluding hydrogens is 232 g/mol. The summed E-state index contributed by atoms with van der Waals surface area (Å²) in [6, 6.07) is 5.02. The van der Waals surface area contributed by atoms with E-state index in [4.69, 9.17) is 10.5 Å². The minimum Gasteiger partial charge on any atom is -0.497 e. The van der Waals surface area contributed by atoms with Gasteiger partial charge in [-0.2, -0.15) is 0 Å². The van der Waals surface area contributed by atoms with Crippen molar-refractivity contribution >= 4 is 17.3 Å². The number of benzene rings is 1. The zero-order valence-electron chi connectivity index (χ0n) is 9.75. The lowest BCUT2D eigenvalue weighted by Gasteiger charge is -2.09. The van der Waals surface area contributed by atoms with Crippen LogP contribution in [-0.2, 0) is 0 Å². The van der Waals surface area contributed by atoms with Crippen molar-refractivity contribution in [3.8, 4) is 5.75 Å². The van der Waals surface area contributed by atoms with Crippen LogP contribution >= 0.6 is 0 Å². The van der Waals surface area contributed by atoms with Gasteiger partial charge in [-0.3, -0.25) is 9.78 Å². The van der Waals surface area contributed by atoms with Gasteiger partial charge in [0.2, 0.25) is 0 Å². The maximum absolute atomic E-state index is 11.9. The Morgan fingerprint density at radius 3 is 2.89 bits per heavy atom. The second-order valence-electron chi connectivity index (χ2n) is 3.50. The Morgan fingerprint density at radius 1 is 1.39 bits per heavy atom. The molecule has 0 bridgehead atoms. The van der Waals surface area contributed by atoms with Gasteiger partial charge in [0.25, 0.3) is 5.91 Å². The molecule has 0 aliphatic carbocycles. The van der Waals surface area contributed by atoms with Crippen molar-refractivity contribution in [1.82, 2.24) is 9.97 Å². The molecule has 0 atom stereocenters. The van der Waals surface area contributed by atoms with Gasteiger partial charge in [0.15, 0.2) is 0 Å². The molecule has 1 aromatic carbocycles. The van der Waals surface area contributed by atoms with Crippen molar-refractivity contribution in [2.45, 2.75) is 0 Å². The first kappa shape index (κ1) is 11.8. The van der Waals surface area contributed by atoms with Crippen LogP contribution in [0.5, 0.6) is 5.75 Å². The van der Waals surface area contributed by atoms with Crippen LogP contribution in [0, 0.1) is 0 Å². The molecule has 0 saturated heterocycles. The highest BCUT2D eigenvalue weighted by molar-refractivity contribution is 6.04. The fourth-order valence-electron chi connectivity index (χ4n) is 1.37. The largest absolute Gasteiger partial charge is 0.497 e. The van der Waals surface area contributed by atoms with Gasteiger partial charge < -0.3 is 15.8 Å². The summed E-state index contributed by atoms with van der Waals surface area (Å²) in [4.78, 5) is 19.6. The van der Waals surface area contributed by atoms with Crippen LogP contribution in [0.15, 0.2) is 36.8 Å². The van der Waals surface area contributed by atoms with Gasteiger partial charge in [0.05, 0.1) is 24.7 Å². The molecule has 2 aromatic rings. The van der Waals surface area contributed by atoms with Gasteiger partial charge in [-0.15, -0.1) is 0 Å². The number of rotatable bonds is 3. The number of ether oxygens (including phenoxy) is 1. The van der Waals surface area contributed by atoms with Crippen molar-refractivity contribution in [2.75, 3.05) is 18.2 Å². The summed E-state index contributed by atoms with van der Waals surface area (Å²) in [5.41, 5.74) is 6.91. The number of nitrogens with one attached hydrogen (secondary N) is 1. The number of amides is 1. The highest BCUT2D eigenvalue weighted by Crippen LogP contribution is 2.24. The maximum atomic E-state index is 11.9. The quantitative estimate of drug-likeness (QED) is 0.795. The van der Waals surface area contributed by atoms with Crippen LogP contribution < -0.4 is 15.8 Å². The average molecular weight is 244 g/mol. The van der Waals surface area contributed by atoms with Gasteiger partial charge in [-0.1, -0.05) is 0 Å². The summed E-state index contributed by atoms with van der Waals surface area (Å²) in [5, 5.41) is 2.65. The van der Waals surface area contributed by atoms with Crippen LogP contribution in [-0.4, -0.2) is 23.0 Å². The molecule has 3 N–H and O–H groups in total. The van der Waals surface area contributed by atoms with Gasteiger partial charge in [-0.05, 0) is 12.1 Å². The van der Waals surface area contributed by atoms with Crippen LogP contribution in [0.4, 0.5) is 11.4 Å². The second kappa shape index (κ2) is 5.13. The third kappa shape index (κ3) is 2.54. The minimum absolute atomic E-state index is 0.222. The van der Waals surface area contributed by atoms with E-state index < -0.39 is 0 Å². The summed E-state index contributed by atoms with van der Waals surface area (Å²) in [6.07, 6.45) is 4.33. The van der Waals surface area contributed by atoms with Gasteiger partial charge in [-0.25, -0.2) is 4.98 Å². The number of nitrogens with zero attached hydrogens (tertiary/aromatic N) is 2. The van der Waals surface area contributed by atoms with E-state index in [-0.39, 0.29) is 11.6 Å². The van der Waals surface area contributed by atoms with Crippen LogP contribution in [0.2, 0.25) is 0 Å². The molecule has 18 heavy (non-hydrogen) atoms. The Balaban J connectivity index is 2.21. The fourth-order valence-corrected chi connectivity index (χ4v) is 1.37. The number of carbonyl (C=O) groups is 1. The van der Waals surface area contributed by atoms with Crippen molar-refractivity contribution in [3.05, 3.63) is 42.5 Å². The zero-order chi connectivity index (χ0) is 13.0. The van der Waals surface area contributed by atoms with E-state index >= 15 is 0 Å². The minimum atomic E-state index is -0.372. The number of nitrogens with two attached hydrogens (primary N) is 1. The smallest absolute Gasteiger partial charge is 0.275 e. The molecule has 0 aliphatic heterocycles. The highest BCUT2D eigenvalue weighted by atomic mass is 16.5. The Bertz CT molecular complexity index is 557. The highest BCUT2D eigenvalue weighted by Gasteiger charge is 2.10. The van der Waals surface area contributed by atoms with Crippen molar-refractivity contribution in [1.29, 1.82) is 0 Å². The molecule has 92 valence electrons. The number of anilines is 2. The van der Waals surface area contributed by atoms with Gasteiger partial charge >= 0.3 is 0 Å². The zero-order valence-corrected chi connectivity index (χ0v) is 9.75. The number of hydrogen-bond donors (Lipinski definition) is 2. The molecule has 1 heterocycles. The maximum Gasteiger partial charge on any atom is 0.275 e. The Labute approximate surface area is 104 Å². The lowest BCUT2D eigenvalue weighted by molar-refractivity contribution is 0.102. The molecule has 0 spiro atoms. The number of methoxy groups -OCH3 is 1. The summed E-state index contributed by atoms with van der Waals surface area (Å²) in [5.74, 6) is 0.238. The van der Waals surface area contributed by atoms with E-state index in [9.17, 15) is 4.79 Å². The first-order chi connectivity index (χ1) is 8.70. The third-order valence-corrected chi connectivity index (χ3v) is 2.30. The molecule has 0 fully saturated rings. The molecule has 0 saturated carbocycles. The van der Waals surface area contributed by atoms with Crippen LogP contribution in [0.3, 0.4) is 0 Å². The topological polar surface area (TPSA) is 90.1 Å². The molecule has 6 heteroatoms. The van der Waals surface area contributed by atoms with E-state index in [1.165, 1.54) is 18.6 Å². The molecule has 6 nitrogen and oxygen atoms in total. The van der Waals surface area contributed by atoms with Crippen molar-refractivity contribution in [2.24, 2.45) is 0 Å². The number of carbonyl (C=O) groups excluding carboxylic acids is 1. The monoisotopic (exact) mass is 244 g/mol. The normalized spacial score (nSPS) is 9.83. The number of nitrogen functional groups attached to an aromatic ring is 1. The third-order valence-electron chi connectivity index (χ3n) is 2.30. The van der Waals surface area contributed by atoms with E-state index in [1.807, 2.05) is 0 Å². The molecule has 0 radical (unpaired) electrons. The Morgan fingerprint density at radius 2 is 2.22 bits per heavy atom. The van der Waals surface area contributed by atoms with Gasteiger partial charge in [0, 0.05) is 18.5 Å². The van der Waals surface area contributed by atoms with Crippen LogP contribution in [0.25, 0.3) is 0 Å². The molecule has 0 unspecified atom stereocenters. The van der Waals surface area contributed by atoms with Crippen molar-refractivity contribution in [3.63, 3.8) is 0 Å². The summed E-state index contributed by atoms with van der Waals surface area (Å²) in [6.45, 7) is 0. The lowest BCUT2D eigenvalue weighted by Crippen LogP contribution is -2.14. The molecule has 1 amide bonds. The first-order valence-corrected chi connectivity index (χ1v) is 5.21. The van der Waals surface area contributed by atoms with E-state index in [0.29, 0.717) is 17.1 Å². The predicted octanol–water partition coefficient (Wildman–Crippen LogP) is 1.32. The van der Waals surface area contributed by atoms with Crippen molar-refractivity contribution < 1.29 is 9.53 Å². The second-order valence-corrected chi connectivity index (χ2v) is 3.50. The Kier molecular flexibility index (Phi) is 3.38. The lowest BCUT2D eigenvalue weighted by atomic mass is 10.2.